The molecule has 0 atom stereocenters. The second-order valence-electron chi connectivity index (χ2n) is 6.25. The van der Waals surface area contributed by atoms with Crippen LogP contribution in [0.2, 0.25) is 0 Å². The molecule has 0 bridgehead atoms. The Hall–Kier alpha value is -1.07. The molecule has 2 heterocycles. The predicted octanol–water partition coefficient (Wildman–Crippen LogP) is 1.88. The normalized spacial score (nSPS) is 18.7. The fourth-order valence-corrected chi connectivity index (χ4v) is 1.75. The van der Waals surface area contributed by atoms with Crippen molar-refractivity contribution < 1.29 is 14.0 Å². The number of ether oxygens (including phenoxy) is 1. The first-order valence-electron chi connectivity index (χ1n) is 6.78. The topological polar surface area (TPSA) is 40.6 Å². The van der Waals surface area contributed by atoms with Crippen LogP contribution in [0.4, 0.5) is 0 Å². The van der Waals surface area contributed by atoms with Crippen LogP contribution in [0.5, 0.6) is 5.88 Å². The minimum Gasteiger partial charge on any atom is -0.477 e. The molecule has 104 valence electrons. The van der Waals surface area contributed by atoms with Gasteiger partial charge in [-0.3, -0.25) is 0 Å². The van der Waals surface area contributed by atoms with Gasteiger partial charge in [0.05, 0.1) is 6.61 Å². The number of pyridine rings is 1. The molecule has 0 N–H and O–H groups in total. The van der Waals surface area contributed by atoms with E-state index >= 15 is 0 Å². The van der Waals surface area contributed by atoms with E-state index in [-0.39, 0.29) is 12.5 Å². The second kappa shape index (κ2) is 5.93. The highest BCUT2D eigenvalue weighted by atomic mass is 16.6. The van der Waals surface area contributed by atoms with Crippen molar-refractivity contribution in [2.45, 2.75) is 27.7 Å². The average molecular weight is 263 g/mol. The molecule has 4 nitrogen and oxygen atoms in total. The van der Waals surface area contributed by atoms with Crippen molar-refractivity contribution in [3.05, 3.63) is 18.3 Å². The van der Waals surface area contributed by atoms with Crippen molar-refractivity contribution in [2.75, 3.05) is 19.8 Å². The minimum atomic E-state index is -0.306. The zero-order valence-corrected chi connectivity index (χ0v) is 12.2. The Kier molecular flexibility index (Phi) is 4.48. The molecule has 5 heteroatoms. The van der Waals surface area contributed by atoms with Gasteiger partial charge in [-0.2, -0.15) is 0 Å². The molecule has 0 aliphatic carbocycles. The molecule has 0 unspecified atom stereocenters. The number of rotatable bonds is 4. The Labute approximate surface area is 115 Å². The third kappa shape index (κ3) is 4.22. The van der Waals surface area contributed by atoms with Crippen molar-refractivity contribution in [1.29, 1.82) is 0 Å². The fraction of sp³-hybridized carbons (Fsp3) is 0.643. The Morgan fingerprint density at radius 2 is 2.00 bits per heavy atom. The van der Waals surface area contributed by atoms with Crippen molar-refractivity contribution in [1.82, 2.24) is 4.98 Å². The predicted molar refractivity (Wildman–Crippen MR) is 75.6 cm³/mol. The van der Waals surface area contributed by atoms with Crippen LogP contribution in [-0.2, 0) is 9.31 Å². The summed E-state index contributed by atoms with van der Waals surface area (Å²) in [5.41, 5.74) is 1.02. The van der Waals surface area contributed by atoms with Crippen LogP contribution >= 0.6 is 0 Å². The molecule has 0 aromatic carbocycles. The number of nitrogens with zero attached hydrogens (tertiary/aromatic N) is 1. The van der Waals surface area contributed by atoms with Crippen LogP contribution in [0.25, 0.3) is 0 Å². The minimum absolute atomic E-state index is 0.0875. The Morgan fingerprint density at radius 1 is 1.32 bits per heavy atom. The third-order valence-corrected chi connectivity index (χ3v) is 2.85. The molecule has 0 amide bonds. The standard InChI is InChI=1S/C14H22BNO3/c1-11(2)8-17-13-6-5-12(7-16-13)15-18-9-14(3,4)10-19-15/h5-7,11H,8-10H2,1-4H3. The Morgan fingerprint density at radius 3 is 2.53 bits per heavy atom. The van der Waals surface area contributed by atoms with Crippen LogP contribution in [0.1, 0.15) is 27.7 Å². The van der Waals surface area contributed by atoms with E-state index in [0.717, 1.165) is 5.46 Å². The van der Waals surface area contributed by atoms with Crippen molar-refractivity contribution in [3.8, 4) is 5.88 Å². The third-order valence-electron chi connectivity index (χ3n) is 2.85. The zero-order chi connectivity index (χ0) is 13.9. The largest absolute Gasteiger partial charge is 0.495 e. The monoisotopic (exact) mass is 263 g/mol. The van der Waals surface area contributed by atoms with Gasteiger partial charge in [0, 0.05) is 30.3 Å². The summed E-state index contributed by atoms with van der Waals surface area (Å²) < 4.78 is 17.0. The van der Waals surface area contributed by atoms with Crippen molar-refractivity contribution in [2.24, 2.45) is 11.3 Å². The summed E-state index contributed by atoms with van der Waals surface area (Å²) in [6, 6.07) is 3.82. The first-order valence-corrected chi connectivity index (χ1v) is 6.78. The van der Waals surface area contributed by atoms with E-state index in [1.54, 1.807) is 6.20 Å². The van der Waals surface area contributed by atoms with Gasteiger partial charge < -0.3 is 14.0 Å². The summed E-state index contributed by atoms with van der Waals surface area (Å²) in [5.74, 6) is 1.14. The van der Waals surface area contributed by atoms with Crippen LogP contribution in [0.15, 0.2) is 18.3 Å². The molecule has 0 radical (unpaired) electrons. The molecule has 0 saturated carbocycles. The van der Waals surface area contributed by atoms with E-state index in [4.69, 9.17) is 14.0 Å². The van der Waals surface area contributed by atoms with Gasteiger partial charge in [-0.1, -0.05) is 33.8 Å². The average Bonchev–Trinajstić information content (AvgIpc) is 2.37. The molecule has 1 saturated heterocycles. The van der Waals surface area contributed by atoms with E-state index in [0.29, 0.717) is 31.6 Å². The highest BCUT2D eigenvalue weighted by molar-refractivity contribution is 6.61. The molecular formula is C14H22BNO3. The summed E-state index contributed by atoms with van der Waals surface area (Å²) in [6.45, 7) is 10.6. The highest BCUT2D eigenvalue weighted by Gasteiger charge is 2.33. The lowest BCUT2D eigenvalue weighted by Crippen LogP contribution is -2.47. The summed E-state index contributed by atoms with van der Waals surface area (Å²) >= 11 is 0. The van der Waals surface area contributed by atoms with Crippen molar-refractivity contribution >= 4 is 12.6 Å². The van der Waals surface area contributed by atoms with Gasteiger partial charge >= 0.3 is 7.12 Å². The van der Waals surface area contributed by atoms with Gasteiger partial charge in [0.1, 0.15) is 0 Å². The summed E-state index contributed by atoms with van der Waals surface area (Å²) in [7, 11) is -0.306. The summed E-state index contributed by atoms with van der Waals surface area (Å²) in [5, 5.41) is 0. The number of hydrogen-bond acceptors (Lipinski definition) is 4. The second-order valence-corrected chi connectivity index (χ2v) is 6.25. The lowest BCUT2D eigenvalue weighted by molar-refractivity contribution is 0.0343. The summed E-state index contributed by atoms with van der Waals surface area (Å²) in [4.78, 5) is 4.28. The van der Waals surface area contributed by atoms with E-state index in [2.05, 4.69) is 32.7 Å². The maximum Gasteiger partial charge on any atom is 0.495 e. The Balaban J connectivity index is 1.92. The fourth-order valence-electron chi connectivity index (χ4n) is 1.75. The number of hydrogen-bond donors (Lipinski definition) is 0. The van der Waals surface area contributed by atoms with Gasteiger partial charge in [-0.25, -0.2) is 4.98 Å². The first kappa shape index (κ1) is 14.3. The molecule has 1 aliphatic heterocycles. The summed E-state index contributed by atoms with van der Waals surface area (Å²) in [6.07, 6.45) is 1.76. The molecular weight excluding hydrogens is 241 g/mol. The molecule has 0 spiro atoms. The van der Waals surface area contributed by atoms with E-state index in [1.165, 1.54) is 0 Å². The maximum atomic E-state index is 5.71. The molecule has 1 fully saturated rings. The molecule has 19 heavy (non-hydrogen) atoms. The van der Waals surface area contributed by atoms with Crippen LogP contribution in [-0.4, -0.2) is 31.9 Å². The van der Waals surface area contributed by atoms with Crippen molar-refractivity contribution in [3.63, 3.8) is 0 Å². The van der Waals surface area contributed by atoms with Crippen LogP contribution in [0, 0.1) is 11.3 Å². The van der Waals surface area contributed by atoms with E-state index in [1.807, 2.05) is 12.1 Å². The maximum absolute atomic E-state index is 5.71. The molecule has 1 aliphatic rings. The SMILES string of the molecule is CC(C)COc1ccc(B2OCC(C)(C)CO2)cn1. The smallest absolute Gasteiger partial charge is 0.477 e. The van der Waals surface area contributed by atoms with E-state index < -0.39 is 0 Å². The van der Waals surface area contributed by atoms with Crippen LogP contribution in [0.3, 0.4) is 0 Å². The highest BCUT2D eigenvalue weighted by Crippen LogP contribution is 2.21. The van der Waals surface area contributed by atoms with E-state index in [9.17, 15) is 0 Å². The molecule has 2 rings (SSSR count). The van der Waals surface area contributed by atoms with Gasteiger partial charge in [-0.15, -0.1) is 0 Å². The lowest BCUT2D eigenvalue weighted by Gasteiger charge is -2.33. The zero-order valence-electron chi connectivity index (χ0n) is 12.2. The first-order chi connectivity index (χ1) is 8.96. The molecule has 1 aromatic heterocycles. The van der Waals surface area contributed by atoms with Crippen LogP contribution < -0.4 is 10.2 Å². The van der Waals surface area contributed by atoms with Gasteiger partial charge in [-0.05, 0) is 12.0 Å². The quantitative estimate of drug-likeness (QED) is 0.778. The Bertz CT molecular complexity index is 396. The van der Waals surface area contributed by atoms with Gasteiger partial charge in [0.15, 0.2) is 0 Å². The molecule has 1 aromatic rings. The van der Waals surface area contributed by atoms with Gasteiger partial charge in [0.25, 0.3) is 0 Å². The van der Waals surface area contributed by atoms with Gasteiger partial charge in [0.2, 0.25) is 5.88 Å². The lowest BCUT2D eigenvalue weighted by atomic mass is 9.77. The number of aromatic nitrogens is 1.